The van der Waals surface area contributed by atoms with Gasteiger partial charge in [0.25, 0.3) is 0 Å². The SMILES string of the molecule is Cc1cccc(OCC(C)NC(=O)C(C)C(N)c2ccccc2)c1.Cl. The smallest absolute Gasteiger partial charge is 0.225 e. The maximum atomic E-state index is 12.4. The summed E-state index contributed by atoms with van der Waals surface area (Å²) >= 11 is 0. The van der Waals surface area contributed by atoms with Crippen molar-refractivity contribution < 1.29 is 9.53 Å². The summed E-state index contributed by atoms with van der Waals surface area (Å²) < 4.78 is 5.73. The summed E-state index contributed by atoms with van der Waals surface area (Å²) in [6.45, 7) is 6.21. The predicted molar refractivity (Wildman–Crippen MR) is 104 cm³/mol. The van der Waals surface area contributed by atoms with Crippen LogP contribution in [0.1, 0.15) is 31.0 Å². The van der Waals surface area contributed by atoms with Gasteiger partial charge in [-0.15, -0.1) is 12.4 Å². The highest BCUT2D eigenvalue weighted by Crippen LogP contribution is 2.19. The van der Waals surface area contributed by atoms with Gasteiger partial charge in [-0.25, -0.2) is 0 Å². The molecule has 0 radical (unpaired) electrons. The number of amides is 1. The van der Waals surface area contributed by atoms with Crippen LogP contribution in [-0.2, 0) is 4.79 Å². The van der Waals surface area contributed by atoms with E-state index in [1.54, 1.807) is 0 Å². The zero-order chi connectivity index (χ0) is 17.5. The molecule has 25 heavy (non-hydrogen) atoms. The molecule has 3 unspecified atom stereocenters. The van der Waals surface area contributed by atoms with Gasteiger partial charge in [-0.2, -0.15) is 0 Å². The van der Waals surface area contributed by atoms with Crippen LogP contribution in [0.3, 0.4) is 0 Å². The number of hydrogen-bond acceptors (Lipinski definition) is 3. The molecule has 0 aromatic heterocycles. The van der Waals surface area contributed by atoms with Gasteiger partial charge in [-0.3, -0.25) is 4.79 Å². The number of hydrogen-bond donors (Lipinski definition) is 2. The maximum Gasteiger partial charge on any atom is 0.225 e. The fourth-order valence-electron chi connectivity index (χ4n) is 2.47. The van der Waals surface area contributed by atoms with E-state index in [0.717, 1.165) is 16.9 Å². The fraction of sp³-hybridized carbons (Fsp3) is 0.350. The van der Waals surface area contributed by atoms with E-state index in [2.05, 4.69) is 5.32 Å². The van der Waals surface area contributed by atoms with Gasteiger partial charge in [0.2, 0.25) is 5.91 Å². The Bertz CT molecular complexity index is 664. The topological polar surface area (TPSA) is 64.3 Å². The molecule has 3 N–H and O–H groups in total. The van der Waals surface area contributed by atoms with Crippen molar-refractivity contribution >= 4 is 18.3 Å². The molecule has 1 amide bonds. The van der Waals surface area contributed by atoms with Crippen LogP contribution < -0.4 is 15.8 Å². The van der Waals surface area contributed by atoms with Gasteiger partial charge in [-0.05, 0) is 37.1 Å². The van der Waals surface area contributed by atoms with Crippen molar-refractivity contribution in [1.82, 2.24) is 5.32 Å². The van der Waals surface area contributed by atoms with E-state index >= 15 is 0 Å². The summed E-state index contributed by atoms with van der Waals surface area (Å²) in [6, 6.07) is 17.1. The summed E-state index contributed by atoms with van der Waals surface area (Å²) in [5, 5.41) is 2.97. The minimum absolute atomic E-state index is 0. The number of nitrogens with two attached hydrogens (primary N) is 1. The fourth-order valence-corrected chi connectivity index (χ4v) is 2.47. The van der Waals surface area contributed by atoms with E-state index < -0.39 is 0 Å². The van der Waals surface area contributed by atoms with Crippen molar-refractivity contribution in [2.75, 3.05) is 6.61 Å². The van der Waals surface area contributed by atoms with Crippen LogP contribution in [0.5, 0.6) is 5.75 Å². The first-order valence-corrected chi connectivity index (χ1v) is 8.27. The second-order valence-electron chi connectivity index (χ2n) is 6.26. The average molecular weight is 363 g/mol. The molecule has 0 aliphatic heterocycles. The van der Waals surface area contributed by atoms with Gasteiger partial charge >= 0.3 is 0 Å². The number of carbonyl (C=O) groups is 1. The molecule has 2 aromatic rings. The molecule has 5 heteroatoms. The van der Waals surface area contributed by atoms with E-state index in [0.29, 0.717) is 6.61 Å². The van der Waals surface area contributed by atoms with Crippen LogP contribution in [0, 0.1) is 12.8 Å². The van der Waals surface area contributed by atoms with Gasteiger partial charge in [0.15, 0.2) is 0 Å². The highest BCUT2D eigenvalue weighted by molar-refractivity contribution is 5.85. The summed E-state index contributed by atoms with van der Waals surface area (Å²) in [6.07, 6.45) is 0. The Morgan fingerprint density at radius 2 is 1.80 bits per heavy atom. The third-order valence-corrected chi connectivity index (χ3v) is 4.01. The minimum atomic E-state index is -0.323. The molecule has 2 aromatic carbocycles. The highest BCUT2D eigenvalue weighted by atomic mass is 35.5. The van der Waals surface area contributed by atoms with E-state index in [1.807, 2.05) is 75.4 Å². The van der Waals surface area contributed by atoms with Gasteiger partial charge in [0.05, 0.1) is 12.0 Å². The molecule has 136 valence electrons. The summed E-state index contributed by atoms with van der Waals surface area (Å²) in [4.78, 5) is 12.4. The van der Waals surface area contributed by atoms with E-state index in [-0.39, 0.29) is 36.3 Å². The molecule has 4 nitrogen and oxygen atoms in total. The lowest BCUT2D eigenvalue weighted by atomic mass is 9.94. The van der Waals surface area contributed by atoms with Crippen LogP contribution >= 0.6 is 12.4 Å². The molecule has 0 aliphatic carbocycles. The molecule has 0 spiro atoms. The van der Waals surface area contributed by atoms with Crippen LogP contribution in [-0.4, -0.2) is 18.6 Å². The first-order valence-electron chi connectivity index (χ1n) is 8.27. The van der Waals surface area contributed by atoms with Crippen molar-refractivity contribution in [3.05, 3.63) is 65.7 Å². The van der Waals surface area contributed by atoms with E-state index in [9.17, 15) is 4.79 Å². The third-order valence-electron chi connectivity index (χ3n) is 4.01. The molecular formula is C20H27ClN2O2. The quantitative estimate of drug-likeness (QED) is 0.790. The molecular weight excluding hydrogens is 336 g/mol. The standard InChI is InChI=1S/C20H26N2O2.ClH/c1-14-8-7-11-18(12-14)24-13-15(2)22-20(23)16(3)19(21)17-9-5-4-6-10-17;/h4-12,15-16,19H,13,21H2,1-3H3,(H,22,23);1H. The summed E-state index contributed by atoms with van der Waals surface area (Å²) in [7, 11) is 0. The van der Waals surface area contributed by atoms with Crippen molar-refractivity contribution in [3.8, 4) is 5.75 Å². The van der Waals surface area contributed by atoms with Crippen LogP contribution in [0.15, 0.2) is 54.6 Å². The lowest BCUT2D eigenvalue weighted by molar-refractivity contribution is -0.126. The molecule has 0 saturated carbocycles. The maximum absolute atomic E-state index is 12.4. The van der Waals surface area contributed by atoms with E-state index in [1.165, 1.54) is 0 Å². The number of benzene rings is 2. The lowest BCUT2D eigenvalue weighted by Gasteiger charge is -2.22. The molecule has 0 heterocycles. The lowest BCUT2D eigenvalue weighted by Crippen LogP contribution is -2.42. The monoisotopic (exact) mass is 362 g/mol. The number of aryl methyl sites for hydroxylation is 1. The van der Waals surface area contributed by atoms with Crippen molar-refractivity contribution in [2.24, 2.45) is 11.7 Å². The molecule has 0 saturated heterocycles. The Labute approximate surface area is 156 Å². The third kappa shape index (κ3) is 6.40. The number of carbonyl (C=O) groups excluding carboxylic acids is 1. The van der Waals surface area contributed by atoms with Gasteiger partial charge in [-0.1, -0.05) is 49.4 Å². The molecule has 2 rings (SSSR count). The first kappa shape index (κ1) is 21.0. The van der Waals surface area contributed by atoms with Crippen LogP contribution in [0.2, 0.25) is 0 Å². The largest absolute Gasteiger partial charge is 0.491 e. The normalized spacial score (nSPS) is 13.9. The second-order valence-corrected chi connectivity index (χ2v) is 6.26. The Kier molecular flexibility index (Phi) is 8.46. The Balaban J connectivity index is 0.00000312. The predicted octanol–water partition coefficient (Wildman–Crippen LogP) is 3.64. The Morgan fingerprint density at radius 3 is 2.44 bits per heavy atom. The molecule has 0 aliphatic rings. The Hall–Kier alpha value is -2.04. The molecule has 0 bridgehead atoms. The van der Waals surface area contributed by atoms with Crippen molar-refractivity contribution in [3.63, 3.8) is 0 Å². The molecule has 3 atom stereocenters. The molecule has 0 fully saturated rings. The minimum Gasteiger partial charge on any atom is -0.491 e. The van der Waals surface area contributed by atoms with Gasteiger partial charge < -0.3 is 15.8 Å². The number of ether oxygens (including phenoxy) is 1. The number of halogens is 1. The second kappa shape index (κ2) is 10.1. The average Bonchev–Trinajstić information content (AvgIpc) is 2.59. The number of nitrogens with one attached hydrogen (secondary N) is 1. The van der Waals surface area contributed by atoms with Gasteiger partial charge in [0, 0.05) is 6.04 Å². The van der Waals surface area contributed by atoms with Gasteiger partial charge in [0.1, 0.15) is 12.4 Å². The summed E-state index contributed by atoms with van der Waals surface area (Å²) in [5.74, 6) is 0.436. The summed E-state index contributed by atoms with van der Waals surface area (Å²) in [5.41, 5.74) is 8.31. The van der Waals surface area contributed by atoms with Crippen LogP contribution in [0.25, 0.3) is 0 Å². The van der Waals surface area contributed by atoms with Crippen molar-refractivity contribution in [2.45, 2.75) is 32.9 Å². The first-order chi connectivity index (χ1) is 11.5. The highest BCUT2D eigenvalue weighted by Gasteiger charge is 2.23. The zero-order valence-corrected chi connectivity index (χ0v) is 15.8. The van der Waals surface area contributed by atoms with E-state index in [4.69, 9.17) is 10.5 Å². The number of rotatable bonds is 7. The zero-order valence-electron chi connectivity index (χ0n) is 14.9. The van der Waals surface area contributed by atoms with Crippen LogP contribution in [0.4, 0.5) is 0 Å². The van der Waals surface area contributed by atoms with Crippen molar-refractivity contribution in [1.29, 1.82) is 0 Å². The Morgan fingerprint density at radius 1 is 1.12 bits per heavy atom.